The van der Waals surface area contributed by atoms with Crippen molar-refractivity contribution in [2.75, 3.05) is 12.1 Å². The van der Waals surface area contributed by atoms with Gasteiger partial charge in [0.1, 0.15) is 6.61 Å². The molecule has 8 nitrogen and oxygen atoms in total. The molecule has 0 spiro atoms. The Balaban J connectivity index is 3.07. The van der Waals surface area contributed by atoms with Crippen LogP contribution in [0.1, 0.15) is 52.2 Å². The van der Waals surface area contributed by atoms with Crippen molar-refractivity contribution in [1.29, 1.82) is 0 Å². The number of nitrogens with two attached hydrogens (primary N) is 2. The van der Waals surface area contributed by atoms with E-state index in [1.165, 1.54) is 7.05 Å². The van der Waals surface area contributed by atoms with Gasteiger partial charge in [0.05, 0.1) is 5.69 Å². The predicted molar refractivity (Wildman–Crippen MR) is 138 cm³/mol. The fourth-order valence-electron chi connectivity index (χ4n) is 2.79. The van der Waals surface area contributed by atoms with Crippen LogP contribution in [0.5, 0.6) is 0 Å². The van der Waals surface area contributed by atoms with Crippen molar-refractivity contribution in [2.45, 2.75) is 60.6 Å². The van der Waals surface area contributed by atoms with Crippen molar-refractivity contribution in [3.63, 3.8) is 0 Å². The lowest BCUT2D eigenvalue weighted by atomic mass is 10.1. The standard InChI is InChI=1S/C25H38N6O2/c1-8-9-14-21(6)28-16-11-13-20(5)24(29-18(2)3)33-17-22-19(4)12-10-15-23(22)31(27)25(32)30(7)26/h8-10,12-16,18H,11,17,26-27H2,1-7H3/b9-8-,20-13-,21-14-,28-16?,29-24?. The highest BCUT2D eigenvalue weighted by Crippen LogP contribution is 2.24. The number of nitrogens with zero attached hydrogens (tertiary/aromatic N) is 4. The van der Waals surface area contributed by atoms with E-state index in [0.717, 1.165) is 32.4 Å². The van der Waals surface area contributed by atoms with Crippen LogP contribution in [-0.4, -0.2) is 36.2 Å². The first-order valence-electron chi connectivity index (χ1n) is 10.9. The molecular weight excluding hydrogens is 416 g/mol. The van der Waals surface area contributed by atoms with Gasteiger partial charge in [-0.05, 0) is 59.2 Å². The molecule has 0 aromatic heterocycles. The average molecular weight is 455 g/mol. The second-order valence-corrected chi connectivity index (χ2v) is 7.92. The number of ether oxygens (including phenoxy) is 1. The topological polar surface area (TPSA) is 110 Å². The van der Waals surface area contributed by atoms with Crippen molar-refractivity contribution in [3.05, 3.63) is 64.9 Å². The Morgan fingerprint density at radius 1 is 1.24 bits per heavy atom. The summed E-state index contributed by atoms with van der Waals surface area (Å²) in [6.07, 6.45) is 10.4. The van der Waals surface area contributed by atoms with E-state index in [9.17, 15) is 4.79 Å². The van der Waals surface area contributed by atoms with E-state index in [-0.39, 0.29) is 12.6 Å². The van der Waals surface area contributed by atoms with Gasteiger partial charge in [-0.15, -0.1) is 0 Å². The van der Waals surface area contributed by atoms with Gasteiger partial charge in [-0.3, -0.25) is 10.0 Å². The van der Waals surface area contributed by atoms with Crippen molar-refractivity contribution in [1.82, 2.24) is 5.01 Å². The maximum Gasteiger partial charge on any atom is 0.352 e. The van der Waals surface area contributed by atoms with Gasteiger partial charge in [0.25, 0.3) is 0 Å². The van der Waals surface area contributed by atoms with Crippen LogP contribution in [0.15, 0.2) is 63.8 Å². The highest BCUT2D eigenvalue weighted by atomic mass is 16.5. The molecule has 0 heterocycles. The van der Waals surface area contributed by atoms with E-state index in [2.05, 4.69) is 9.98 Å². The Bertz CT molecular complexity index is 942. The fraction of sp³-hybridized carbons (Fsp3) is 0.400. The Labute approximate surface area is 198 Å². The van der Waals surface area contributed by atoms with Crippen LogP contribution >= 0.6 is 0 Å². The summed E-state index contributed by atoms with van der Waals surface area (Å²) in [5, 5.41) is 1.95. The average Bonchev–Trinajstić information content (AvgIpc) is 2.77. The molecule has 1 rings (SSSR count). The quantitative estimate of drug-likeness (QED) is 0.139. The molecule has 0 atom stereocenters. The van der Waals surface area contributed by atoms with Gasteiger partial charge in [0.15, 0.2) is 0 Å². The number of allylic oxidation sites excluding steroid dienone is 5. The summed E-state index contributed by atoms with van der Waals surface area (Å²) in [5.41, 5.74) is 4.09. The third-order valence-corrected chi connectivity index (χ3v) is 4.57. The molecule has 0 aliphatic rings. The van der Waals surface area contributed by atoms with Gasteiger partial charge < -0.3 is 4.74 Å². The van der Waals surface area contributed by atoms with Crippen LogP contribution in [0.2, 0.25) is 0 Å². The SMILES string of the molecule is C/C=C\C=C(\C)N=CC/C=C(/C)C(=NC(C)C)OCc1c(C)cccc1N(N)C(=O)N(C)N. The van der Waals surface area contributed by atoms with E-state index in [1.807, 2.05) is 84.2 Å². The van der Waals surface area contributed by atoms with Gasteiger partial charge in [0, 0.05) is 42.6 Å². The predicted octanol–water partition coefficient (Wildman–Crippen LogP) is 4.81. The number of carbonyl (C=O) groups is 1. The largest absolute Gasteiger partial charge is 0.473 e. The molecule has 0 saturated carbocycles. The molecule has 0 aliphatic heterocycles. The number of aliphatic imine (C=N–C) groups is 2. The zero-order valence-electron chi connectivity index (χ0n) is 20.9. The molecule has 4 N–H and O–H groups in total. The molecule has 180 valence electrons. The molecule has 33 heavy (non-hydrogen) atoms. The molecule has 0 bridgehead atoms. The minimum atomic E-state index is -0.535. The normalized spacial score (nSPS) is 13.3. The zero-order chi connectivity index (χ0) is 25.0. The number of amides is 2. The highest BCUT2D eigenvalue weighted by molar-refractivity contribution is 5.94. The van der Waals surface area contributed by atoms with Crippen LogP contribution in [0.4, 0.5) is 10.5 Å². The number of aryl methyl sites for hydroxylation is 1. The van der Waals surface area contributed by atoms with Crippen molar-refractivity contribution in [2.24, 2.45) is 21.7 Å². The number of hydrogen-bond acceptors (Lipinski definition) is 6. The molecule has 1 aromatic rings. The summed E-state index contributed by atoms with van der Waals surface area (Å²) < 4.78 is 6.12. The number of hydrogen-bond donors (Lipinski definition) is 2. The third kappa shape index (κ3) is 9.43. The molecule has 0 unspecified atom stereocenters. The van der Waals surface area contributed by atoms with E-state index >= 15 is 0 Å². The molecule has 1 aromatic carbocycles. The number of rotatable bonds is 9. The molecule has 2 amide bonds. The summed E-state index contributed by atoms with van der Waals surface area (Å²) in [5.74, 6) is 12.1. The minimum absolute atomic E-state index is 0.0536. The summed E-state index contributed by atoms with van der Waals surface area (Å²) in [7, 11) is 1.44. The van der Waals surface area contributed by atoms with Gasteiger partial charge in [0.2, 0.25) is 5.90 Å². The fourth-order valence-corrected chi connectivity index (χ4v) is 2.79. The first-order valence-corrected chi connectivity index (χ1v) is 10.9. The Kier molecular flexibility index (Phi) is 11.8. The number of carbonyl (C=O) groups excluding carboxylic acids is 1. The molecule has 8 heteroatoms. The number of urea groups is 1. The first kappa shape index (κ1) is 27.8. The summed E-state index contributed by atoms with van der Waals surface area (Å²) in [4.78, 5) is 21.3. The Hall–Kier alpha value is -3.23. The number of anilines is 1. The summed E-state index contributed by atoms with van der Waals surface area (Å²) in [6.45, 7) is 12.0. The van der Waals surface area contributed by atoms with Crippen molar-refractivity contribution >= 4 is 23.8 Å². The number of hydrazine groups is 2. The molecule has 0 radical (unpaired) electrons. The lowest BCUT2D eigenvalue weighted by Gasteiger charge is -2.24. The zero-order valence-corrected chi connectivity index (χ0v) is 20.9. The molecular formula is C25H38N6O2. The van der Waals surface area contributed by atoms with Gasteiger partial charge >= 0.3 is 6.03 Å². The third-order valence-electron chi connectivity index (χ3n) is 4.57. The van der Waals surface area contributed by atoms with Gasteiger partial charge in [-0.2, -0.15) is 0 Å². The second-order valence-electron chi connectivity index (χ2n) is 7.92. The van der Waals surface area contributed by atoms with Crippen LogP contribution < -0.4 is 16.7 Å². The molecule has 0 aliphatic carbocycles. The van der Waals surface area contributed by atoms with Crippen LogP contribution in [0.3, 0.4) is 0 Å². The first-order chi connectivity index (χ1) is 15.6. The smallest absolute Gasteiger partial charge is 0.352 e. The molecule has 0 saturated heterocycles. The molecule has 0 fully saturated rings. The van der Waals surface area contributed by atoms with E-state index < -0.39 is 6.03 Å². The summed E-state index contributed by atoms with van der Waals surface area (Å²) in [6, 6.07) is 5.05. The van der Waals surface area contributed by atoms with Crippen molar-refractivity contribution in [3.8, 4) is 0 Å². The number of benzene rings is 1. The van der Waals surface area contributed by atoms with Gasteiger partial charge in [-0.1, -0.05) is 30.4 Å². The van der Waals surface area contributed by atoms with E-state index in [1.54, 1.807) is 6.07 Å². The monoisotopic (exact) mass is 454 g/mol. The maximum absolute atomic E-state index is 12.3. The minimum Gasteiger partial charge on any atom is -0.473 e. The lowest BCUT2D eigenvalue weighted by Crippen LogP contribution is -2.49. The van der Waals surface area contributed by atoms with Crippen LogP contribution in [0, 0.1) is 6.92 Å². The highest BCUT2D eigenvalue weighted by Gasteiger charge is 2.19. The lowest BCUT2D eigenvalue weighted by molar-refractivity contribution is 0.216. The Morgan fingerprint density at radius 3 is 2.55 bits per heavy atom. The van der Waals surface area contributed by atoms with Crippen LogP contribution in [-0.2, 0) is 11.3 Å². The van der Waals surface area contributed by atoms with Gasteiger partial charge in [-0.25, -0.2) is 26.5 Å². The summed E-state index contributed by atoms with van der Waals surface area (Å²) >= 11 is 0. The Morgan fingerprint density at radius 2 is 1.94 bits per heavy atom. The van der Waals surface area contributed by atoms with Crippen LogP contribution in [0.25, 0.3) is 0 Å². The maximum atomic E-state index is 12.3. The van der Waals surface area contributed by atoms with E-state index in [0.29, 0.717) is 18.0 Å². The van der Waals surface area contributed by atoms with E-state index in [4.69, 9.17) is 16.4 Å². The van der Waals surface area contributed by atoms with Crippen molar-refractivity contribution < 1.29 is 9.53 Å². The second kappa shape index (κ2) is 14.0.